The molecular weight excluding hydrogens is 242 g/mol. The number of carbonyl (C=O) groups excluding carboxylic acids is 1. The second-order valence-electron chi connectivity index (χ2n) is 4.69. The summed E-state index contributed by atoms with van der Waals surface area (Å²) >= 11 is 0. The van der Waals surface area contributed by atoms with Crippen molar-refractivity contribution in [2.45, 2.75) is 12.8 Å². The van der Waals surface area contributed by atoms with Gasteiger partial charge < -0.3 is 10.2 Å². The summed E-state index contributed by atoms with van der Waals surface area (Å²) in [6.45, 7) is 4.36. The lowest BCUT2D eigenvalue weighted by molar-refractivity contribution is 0.0537. The fourth-order valence-corrected chi connectivity index (χ4v) is 2.29. The smallest absolute Gasteiger partial charge is 0.274 e. The van der Waals surface area contributed by atoms with Gasteiger partial charge in [-0.25, -0.2) is 5.48 Å². The molecule has 1 heterocycles. The van der Waals surface area contributed by atoms with Crippen molar-refractivity contribution in [2.75, 3.05) is 38.6 Å². The van der Waals surface area contributed by atoms with Crippen molar-refractivity contribution in [1.82, 2.24) is 10.4 Å². The lowest BCUT2D eigenvalue weighted by Gasteiger charge is -2.15. The number of hydrogen-bond acceptors (Lipinski definition) is 4. The maximum atomic E-state index is 11.6. The highest BCUT2D eigenvalue weighted by molar-refractivity contribution is 5.94. The van der Waals surface area contributed by atoms with E-state index in [9.17, 15) is 4.79 Å². The molecule has 0 aromatic heterocycles. The van der Waals surface area contributed by atoms with Gasteiger partial charge in [0.1, 0.15) is 0 Å². The molecule has 5 heteroatoms. The van der Waals surface area contributed by atoms with Gasteiger partial charge in [-0.05, 0) is 44.1 Å². The van der Waals surface area contributed by atoms with Crippen LogP contribution in [0.4, 0.5) is 5.69 Å². The average Bonchev–Trinajstić information content (AvgIpc) is 2.93. The minimum atomic E-state index is -0.231. The standard InChI is InChI=1S/C14H21N3O2/c1-19-16-14(18)12-5-4-6-13(11-12)15-7-10-17-8-2-3-9-17/h4-6,11,15H,2-3,7-10H2,1H3,(H,16,18). The molecule has 1 amide bonds. The average molecular weight is 263 g/mol. The number of amides is 1. The van der Waals surface area contributed by atoms with Crippen LogP contribution in [0.15, 0.2) is 24.3 Å². The van der Waals surface area contributed by atoms with Crippen LogP contribution in [0.3, 0.4) is 0 Å². The summed E-state index contributed by atoms with van der Waals surface area (Å²) in [6, 6.07) is 7.43. The van der Waals surface area contributed by atoms with E-state index in [2.05, 4.69) is 20.5 Å². The largest absolute Gasteiger partial charge is 0.384 e. The fraction of sp³-hybridized carbons (Fsp3) is 0.500. The third-order valence-electron chi connectivity index (χ3n) is 3.28. The van der Waals surface area contributed by atoms with Crippen LogP contribution in [0.1, 0.15) is 23.2 Å². The first kappa shape index (κ1) is 13.8. The number of benzene rings is 1. The Morgan fingerprint density at radius 3 is 2.89 bits per heavy atom. The van der Waals surface area contributed by atoms with Crippen molar-refractivity contribution in [3.63, 3.8) is 0 Å². The molecule has 0 bridgehead atoms. The Kier molecular flexibility index (Phi) is 5.18. The third kappa shape index (κ3) is 4.22. The number of hydrogen-bond donors (Lipinski definition) is 2. The Balaban J connectivity index is 1.82. The number of nitrogens with zero attached hydrogens (tertiary/aromatic N) is 1. The molecule has 0 saturated carbocycles. The Hall–Kier alpha value is -1.59. The van der Waals surface area contributed by atoms with E-state index in [0.29, 0.717) is 5.56 Å². The molecule has 104 valence electrons. The molecule has 0 spiro atoms. The minimum Gasteiger partial charge on any atom is -0.384 e. The van der Waals surface area contributed by atoms with Crippen LogP contribution in [0.25, 0.3) is 0 Å². The number of likely N-dealkylation sites (tertiary alicyclic amines) is 1. The van der Waals surface area contributed by atoms with Gasteiger partial charge in [-0.3, -0.25) is 9.63 Å². The van der Waals surface area contributed by atoms with Crippen LogP contribution in [0.5, 0.6) is 0 Å². The van der Waals surface area contributed by atoms with Crippen molar-refractivity contribution in [1.29, 1.82) is 0 Å². The molecule has 1 aromatic carbocycles. The molecule has 0 atom stereocenters. The third-order valence-corrected chi connectivity index (χ3v) is 3.28. The number of anilines is 1. The van der Waals surface area contributed by atoms with Crippen LogP contribution in [0, 0.1) is 0 Å². The second-order valence-corrected chi connectivity index (χ2v) is 4.69. The number of carbonyl (C=O) groups is 1. The first-order valence-electron chi connectivity index (χ1n) is 6.69. The predicted molar refractivity (Wildman–Crippen MR) is 75.1 cm³/mol. The van der Waals surface area contributed by atoms with Gasteiger partial charge in [0.2, 0.25) is 0 Å². The Morgan fingerprint density at radius 1 is 1.37 bits per heavy atom. The Labute approximate surface area is 113 Å². The quantitative estimate of drug-likeness (QED) is 0.763. The molecular formula is C14H21N3O2. The van der Waals surface area contributed by atoms with Crippen LogP contribution in [-0.2, 0) is 4.84 Å². The van der Waals surface area contributed by atoms with E-state index in [1.54, 1.807) is 6.07 Å². The highest BCUT2D eigenvalue weighted by atomic mass is 16.6. The van der Waals surface area contributed by atoms with E-state index in [4.69, 9.17) is 0 Å². The number of hydroxylamine groups is 1. The van der Waals surface area contributed by atoms with Gasteiger partial charge in [0, 0.05) is 24.3 Å². The molecule has 0 radical (unpaired) electrons. The summed E-state index contributed by atoms with van der Waals surface area (Å²) < 4.78 is 0. The zero-order chi connectivity index (χ0) is 13.5. The van der Waals surface area contributed by atoms with E-state index in [-0.39, 0.29) is 5.91 Å². The first-order chi connectivity index (χ1) is 9.29. The number of rotatable bonds is 6. The normalized spacial score (nSPS) is 15.4. The highest BCUT2D eigenvalue weighted by Crippen LogP contribution is 2.11. The molecule has 19 heavy (non-hydrogen) atoms. The van der Waals surface area contributed by atoms with Crippen LogP contribution in [-0.4, -0.2) is 44.1 Å². The van der Waals surface area contributed by atoms with E-state index in [1.165, 1.54) is 33.0 Å². The summed E-state index contributed by atoms with van der Waals surface area (Å²) in [4.78, 5) is 18.7. The Bertz CT molecular complexity index is 417. The molecule has 1 saturated heterocycles. The van der Waals surface area contributed by atoms with Crippen molar-refractivity contribution < 1.29 is 9.63 Å². The van der Waals surface area contributed by atoms with Gasteiger partial charge in [0.15, 0.2) is 0 Å². The molecule has 2 N–H and O–H groups in total. The van der Waals surface area contributed by atoms with Crippen molar-refractivity contribution in [3.8, 4) is 0 Å². The van der Waals surface area contributed by atoms with Crippen molar-refractivity contribution in [3.05, 3.63) is 29.8 Å². The summed E-state index contributed by atoms with van der Waals surface area (Å²) in [6.07, 6.45) is 2.62. The fourth-order valence-electron chi connectivity index (χ4n) is 2.29. The van der Waals surface area contributed by atoms with Crippen molar-refractivity contribution in [2.24, 2.45) is 0 Å². The van der Waals surface area contributed by atoms with Crippen LogP contribution < -0.4 is 10.8 Å². The zero-order valence-corrected chi connectivity index (χ0v) is 11.3. The summed E-state index contributed by atoms with van der Waals surface area (Å²) in [5.74, 6) is -0.231. The van der Waals surface area contributed by atoms with Crippen LogP contribution >= 0.6 is 0 Å². The first-order valence-corrected chi connectivity index (χ1v) is 6.69. The van der Waals surface area contributed by atoms with Gasteiger partial charge >= 0.3 is 0 Å². The molecule has 0 aliphatic carbocycles. The molecule has 1 fully saturated rings. The van der Waals surface area contributed by atoms with E-state index in [0.717, 1.165) is 18.8 Å². The SMILES string of the molecule is CONC(=O)c1cccc(NCCN2CCCC2)c1. The molecule has 2 rings (SSSR count). The Morgan fingerprint density at radius 2 is 2.16 bits per heavy atom. The number of nitrogens with one attached hydrogen (secondary N) is 2. The summed E-state index contributed by atoms with van der Waals surface area (Å²) in [5, 5.41) is 3.35. The molecule has 1 aliphatic rings. The zero-order valence-electron chi connectivity index (χ0n) is 11.3. The topological polar surface area (TPSA) is 53.6 Å². The maximum absolute atomic E-state index is 11.6. The summed E-state index contributed by atoms with van der Waals surface area (Å²) in [7, 11) is 1.43. The van der Waals surface area contributed by atoms with E-state index in [1.807, 2.05) is 18.2 Å². The van der Waals surface area contributed by atoms with Gasteiger partial charge in [0.25, 0.3) is 5.91 Å². The molecule has 1 aliphatic heterocycles. The lowest BCUT2D eigenvalue weighted by atomic mass is 10.2. The lowest BCUT2D eigenvalue weighted by Crippen LogP contribution is -2.26. The highest BCUT2D eigenvalue weighted by Gasteiger charge is 2.10. The van der Waals surface area contributed by atoms with Gasteiger partial charge in [-0.2, -0.15) is 0 Å². The van der Waals surface area contributed by atoms with E-state index < -0.39 is 0 Å². The second kappa shape index (κ2) is 7.11. The van der Waals surface area contributed by atoms with Crippen LogP contribution in [0.2, 0.25) is 0 Å². The molecule has 1 aromatic rings. The van der Waals surface area contributed by atoms with Crippen molar-refractivity contribution >= 4 is 11.6 Å². The predicted octanol–water partition coefficient (Wildman–Crippen LogP) is 1.49. The van der Waals surface area contributed by atoms with Gasteiger partial charge in [-0.15, -0.1) is 0 Å². The monoisotopic (exact) mass is 263 g/mol. The molecule has 0 unspecified atom stereocenters. The van der Waals surface area contributed by atoms with Gasteiger partial charge in [-0.1, -0.05) is 6.07 Å². The minimum absolute atomic E-state index is 0.231. The summed E-state index contributed by atoms with van der Waals surface area (Å²) in [5.41, 5.74) is 3.87. The van der Waals surface area contributed by atoms with E-state index >= 15 is 0 Å². The van der Waals surface area contributed by atoms with Gasteiger partial charge in [0.05, 0.1) is 7.11 Å². The molecule has 5 nitrogen and oxygen atoms in total. The maximum Gasteiger partial charge on any atom is 0.274 e.